The molecule has 7 heteroatoms. The van der Waals surface area contributed by atoms with Gasteiger partial charge in [0.05, 0.1) is 24.1 Å². The summed E-state index contributed by atoms with van der Waals surface area (Å²) in [5.41, 5.74) is 4.20. The lowest BCUT2D eigenvalue weighted by Gasteiger charge is -2.08. The Hall–Kier alpha value is -2.67. The van der Waals surface area contributed by atoms with Crippen LogP contribution in [0.1, 0.15) is 16.8 Å². The fourth-order valence-electron chi connectivity index (χ4n) is 2.46. The predicted octanol–water partition coefficient (Wildman–Crippen LogP) is 2.46. The van der Waals surface area contributed by atoms with Crippen molar-refractivity contribution < 1.29 is 0 Å². The average Bonchev–Trinajstić information content (AvgIpc) is 3.12. The van der Waals surface area contributed by atoms with Gasteiger partial charge in [-0.1, -0.05) is 30.3 Å². The van der Waals surface area contributed by atoms with Crippen LogP contribution in [-0.2, 0) is 20.1 Å². The first kappa shape index (κ1) is 16.2. The van der Waals surface area contributed by atoms with Crippen LogP contribution in [0.2, 0.25) is 0 Å². The van der Waals surface area contributed by atoms with Crippen molar-refractivity contribution in [2.24, 2.45) is 7.05 Å². The van der Waals surface area contributed by atoms with Crippen molar-refractivity contribution in [1.29, 1.82) is 0 Å². The number of benzene rings is 1. The van der Waals surface area contributed by atoms with Gasteiger partial charge in [-0.3, -0.25) is 9.36 Å². The van der Waals surface area contributed by atoms with E-state index in [1.807, 2.05) is 49.2 Å². The maximum atomic E-state index is 5.34. The van der Waals surface area contributed by atoms with Crippen LogP contribution in [0.4, 0.5) is 5.69 Å². The molecule has 1 aromatic carbocycles. The molecule has 0 saturated heterocycles. The molecule has 3 aromatic rings. The predicted molar refractivity (Wildman–Crippen MR) is 98.8 cm³/mol. The number of rotatable bonds is 5. The summed E-state index contributed by atoms with van der Waals surface area (Å²) in [4.78, 5) is 0. The maximum Gasteiger partial charge on any atom is 0.171 e. The molecule has 2 heterocycles. The molecule has 0 fully saturated rings. The zero-order valence-electron chi connectivity index (χ0n) is 13.7. The molecule has 3 rings (SSSR count). The Bertz CT molecular complexity index is 821. The summed E-state index contributed by atoms with van der Waals surface area (Å²) in [6.07, 6.45) is 5.70. The van der Waals surface area contributed by atoms with Gasteiger partial charge >= 0.3 is 0 Å². The standard InChI is InChI=1S/C17H20N6S/c1-13-15(11-22(2)21-13)8-18-17(24)20-16-9-19-23(12-16)10-14-6-4-3-5-7-14/h3-7,9,11-12H,8,10H2,1-2H3,(H2,18,20,24). The smallest absolute Gasteiger partial charge is 0.171 e. The Morgan fingerprint density at radius 1 is 1.21 bits per heavy atom. The van der Waals surface area contributed by atoms with Gasteiger partial charge in [0.25, 0.3) is 0 Å². The molecule has 2 aromatic heterocycles. The Morgan fingerprint density at radius 2 is 2.00 bits per heavy atom. The molecule has 24 heavy (non-hydrogen) atoms. The number of nitrogens with zero attached hydrogens (tertiary/aromatic N) is 4. The molecular formula is C17H20N6S. The zero-order chi connectivity index (χ0) is 16.9. The molecule has 0 spiro atoms. The van der Waals surface area contributed by atoms with E-state index in [4.69, 9.17) is 12.2 Å². The lowest BCUT2D eigenvalue weighted by molar-refractivity contribution is 0.687. The molecule has 2 N–H and O–H groups in total. The van der Waals surface area contributed by atoms with Crippen LogP contribution in [0.3, 0.4) is 0 Å². The highest BCUT2D eigenvalue weighted by Crippen LogP contribution is 2.08. The van der Waals surface area contributed by atoms with Crippen LogP contribution in [0.15, 0.2) is 48.9 Å². The van der Waals surface area contributed by atoms with E-state index in [9.17, 15) is 0 Å². The summed E-state index contributed by atoms with van der Waals surface area (Å²) < 4.78 is 3.68. The normalized spacial score (nSPS) is 10.6. The van der Waals surface area contributed by atoms with E-state index in [0.29, 0.717) is 11.7 Å². The molecular weight excluding hydrogens is 320 g/mol. The maximum absolute atomic E-state index is 5.34. The highest BCUT2D eigenvalue weighted by Gasteiger charge is 2.05. The minimum atomic E-state index is 0.567. The summed E-state index contributed by atoms with van der Waals surface area (Å²) in [6, 6.07) is 10.2. The second kappa shape index (κ2) is 7.27. The third-order valence-corrected chi connectivity index (χ3v) is 3.88. The van der Waals surface area contributed by atoms with E-state index in [1.165, 1.54) is 5.56 Å². The van der Waals surface area contributed by atoms with Gasteiger partial charge in [0.15, 0.2) is 5.11 Å². The van der Waals surface area contributed by atoms with E-state index in [2.05, 4.69) is 33.0 Å². The minimum Gasteiger partial charge on any atom is -0.358 e. The van der Waals surface area contributed by atoms with Gasteiger partial charge in [0.1, 0.15) is 0 Å². The summed E-state index contributed by atoms with van der Waals surface area (Å²) in [7, 11) is 1.91. The number of nitrogens with one attached hydrogen (secondary N) is 2. The first-order valence-corrected chi connectivity index (χ1v) is 8.11. The molecule has 0 unspecified atom stereocenters. The van der Waals surface area contributed by atoms with Crippen molar-refractivity contribution in [2.45, 2.75) is 20.0 Å². The van der Waals surface area contributed by atoms with Crippen molar-refractivity contribution in [3.8, 4) is 0 Å². The van der Waals surface area contributed by atoms with Crippen molar-refractivity contribution >= 4 is 23.0 Å². The van der Waals surface area contributed by atoms with Gasteiger partial charge in [-0.25, -0.2) is 0 Å². The third kappa shape index (κ3) is 4.20. The van der Waals surface area contributed by atoms with E-state index < -0.39 is 0 Å². The Balaban J connectivity index is 1.52. The molecule has 124 valence electrons. The fourth-order valence-corrected chi connectivity index (χ4v) is 2.65. The zero-order valence-corrected chi connectivity index (χ0v) is 14.5. The van der Waals surface area contributed by atoms with Gasteiger partial charge in [-0.05, 0) is 24.7 Å². The van der Waals surface area contributed by atoms with Crippen molar-refractivity contribution in [2.75, 3.05) is 5.32 Å². The molecule has 0 atom stereocenters. The van der Waals surface area contributed by atoms with E-state index in [-0.39, 0.29) is 0 Å². The summed E-state index contributed by atoms with van der Waals surface area (Å²) in [6.45, 7) is 3.36. The second-order valence-electron chi connectivity index (χ2n) is 5.63. The number of aryl methyl sites for hydroxylation is 2. The highest BCUT2D eigenvalue weighted by atomic mass is 32.1. The lowest BCUT2D eigenvalue weighted by Crippen LogP contribution is -2.27. The quantitative estimate of drug-likeness (QED) is 0.699. The van der Waals surface area contributed by atoms with Gasteiger partial charge in [0, 0.05) is 31.5 Å². The van der Waals surface area contributed by atoms with Crippen molar-refractivity contribution in [3.05, 3.63) is 65.7 Å². The number of aromatic nitrogens is 4. The van der Waals surface area contributed by atoms with Crippen LogP contribution < -0.4 is 10.6 Å². The summed E-state index contributed by atoms with van der Waals surface area (Å²) in [5, 5.41) is 15.6. The van der Waals surface area contributed by atoms with Gasteiger partial charge in [-0.15, -0.1) is 0 Å². The van der Waals surface area contributed by atoms with Crippen LogP contribution >= 0.6 is 12.2 Å². The number of thiocarbonyl (C=S) groups is 1. The van der Waals surface area contributed by atoms with Gasteiger partial charge in [-0.2, -0.15) is 10.2 Å². The molecule has 0 aliphatic heterocycles. The SMILES string of the molecule is Cc1nn(C)cc1CNC(=S)Nc1cnn(Cc2ccccc2)c1. The highest BCUT2D eigenvalue weighted by molar-refractivity contribution is 7.80. The molecule has 0 aliphatic carbocycles. The van der Waals surface area contributed by atoms with Crippen LogP contribution in [0.5, 0.6) is 0 Å². The first-order chi connectivity index (χ1) is 11.6. The number of anilines is 1. The van der Waals surface area contributed by atoms with Gasteiger partial charge in [0.2, 0.25) is 0 Å². The fraction of sp³-hybridized carbons (Fsp3) is 0.235. The number of hydrogen-bond acceptors (Lipinski definition) is 3. The Kier molecular flexibility index (Phi) is 4.90. The molecule has 6 nitrogen and oxygen atoms in total. The summed E-state index contributed by atoms with van der Waals surface area (Å²) >= 11 is 5.34. The molecule has 0 saturated carbocycles. The number of hydrogen-bond donors (Lipinski definition) is 2. The van der Waals surface area contributed by atoms with Crippen LogP contribution in [0.25, 0.3) is 0 Å². The largest absolute Gasteiger partial charge is 0.358 e. The Labute approximate surface area is 146 Å². The minimum absolute atomic E-state index is 0.567. The van der Waals surface area contributed by atoms with Gasteiger partial charge < -0.3 is 10.6 Å². The van der Waals surface area contributed by atoms with Crippen LogP contribution in [-0.4, -0.2) is 24.7 Å². The van der Waals surface area contributed by atoms with E-state index >= 15 is 0 Å². The average molecular weight is 340 g/mol. The molecule has 0 radical (unpaired) electrons. The van der Waals surface area contributed by atoms with Crippen LogP contribution in [0, 0.1) is 6.92 Å². The Morgan fingerprint density at radius 3 is 2.71 bits per heavy atom. The first-order valence-electron chi connectivity index (χ1n) is 7.70. The van der Waals surface area contributed by atoms with E-state index in [1.54, 1.807) is 10.9 Å². The van der Waals surface area contributed by atoms with Crippen molar-refractivity contribution in [1.82, 2.24) is 24.9 Å². The summed E-state index contributed by atoms with van der Waals surface area (Å²) in [5.74, 6) is 0. The molecule has 0 amide bonds. The monoisotopic (exact) mass is 340 g/mol. The third-order valence-electron chi connectivity index (χ3n) is 3.63. The lowest BCUT2D eigenvalue weighted by atomic mass is 10.2. The molecule has 0 aliphatic rings. The molecule has 0 bridgehead atoms. The second-order valence-corrected chi connectivity index (χ2v) is 6.04. The topological polar surface area (TPSA) is 59.7 Å². The van der Waals surface area contributed by atoms with E-state index in [0.717, 1.165) is 23.5 Å². The van der Waals surface area contributed by atoms with Crippen molar-refractivity contribution in [3.63, 3.8) is 0 Å².